The standard InChI is InChI=1S/C15H14ClN3S/c1-2-4-12-19-14(15(17)20-12)10-6-7-11(16)9-5-3-8-18-13(9)10/h3,5-8H,2,4,17H2,1H3. The Morgan fingerprint density at radius 2 is 2.15 bits per heavy atom. The topological polar surface area (TPSA) is 51.8 Å². The molecule has 0 unspecified atom stereocenters. The summed E-state index contributed by atoms with van der Waals surface area (Å²) in [6.45, 7) is 2.14. The summed E-state index contributed by atoms with van der Waals surface area (Å²) in [5.74, 6) is 0. The molecular formula is C15H14ClN3S. The molecule has 102 valence electrons. The summed E-state index contributed by atoms with van der Waals surface area (Å²) in [5.41, 5.74) is 8.74. The van der Waals surface area contributed by atoms with Crippen molar-refractivity contribution >= 4 is 38.8 Å². The number of anilines is 1. The maximum absolute atomic E-state index is 6.22. The zero-order valence-electron chi connectivity index (χ0n) is 11.1. The van der Waals surface area contributed by atoms with Gasteiger partial charge in [0.1, 0.15) is 10.7 Å². The first-order chi connectivity index (χ1) is 9.70. The Bertz CT molecular complexity index is 767. The molecule has 0 fully saturated rings. The van der Waals surface area contributed by atoms with E-state index < -0.39 is 0 Å². The number of rotatable bonds is 3. The van der Waals surface area contributed by atoms with Crippen molar-refractivity contribution in [2.24, 2.45) is 0 Å². The van der Waals surface area contributed by atoms with Crippen molar-refractivity contribution in [2.45, 2.75) is 19.8 Å². The van der Waals surface area contributed by atoms with Crippen molar-refractivity contribution in [1.29, 1.82) is 0 Å². The van der Waals surface area contributed by atoms with Gasteiger partial charge in [0.2, 0.25) is 0 Å². The van der Waals surface area contributed by atoms with E-state index in [-0.39, 0.29) is 0 Å². The molecule has 1 aromatic carbocycles. The largest absolute Gasteiger partial charge is 0.389 e. The molecule has 20 heavy (non-hydrogen) atoms. The first kappa shape index (κ1) is 13.3. The van der Waals surface area contributed by atoms with Crippen LogP contribution in [0.5, 0.6) is 0 Å². The monoisotopic (exact) mass is 303 g/mol. The molecule has 0 aliphatic rings. The first-order valence-corrected chi connectivity index (χ1v) is 7.69. The van der Waals surface area contributed by atoms with Crippen molar-refractivity contribution in [3.63, 3.8) is 0 Å². The summed E-state index contributed by atoms with van der Waals surface area (Å²) in [6.07, 6.45) is 3.78. The molecule has 3 aromatic rings. The molecule has 5 heteroatoms. The predicted octanol–water partition coefficient (Wildman–Crippen LogP) is 4.55. The molecule has 0 amide bonds. The van der Waals surface area contributed by atoms with Crippen LogP contribution in [-0.4, -0.2) is 9.97 Å². The number of nitrogen functional groups attached to an aromatic ring is 1. The van der Waals surface area contributed by atoms with Crippen molar-refractivity contribution in [2.75, 3.05) is 5.73 Å². The first-order valence-electron chi connectivity index (χ1n) is 6.49. The third kappa shape index (κ3) is 2.25. The molecule has 0 bridgehead atoms. The van der Waals surface area contributed by atoms with Crippen LogP contribution >= 0.6 is 22.9 Å². The van der Waals surface area contributed by atoms with E-state index in [1.807, 2.05) is 24.3 Å². The van der Waals surface area contributed by atoms with Gasteiger partial charge in [0.25, 0.3) is 0 Å². The molecule has 0 spiro atoms. The zero-order valence-corrected chi connectivity index (χ0v) is 12.6. The highest BCUT2D eigenvalue weighted by Crippen LogP contribution is 2.36. The molecule has 0 saturated heterocycles. The maximum atomic E-state index is 6.22. The Morgan fingerprint density at radius 3 is 2.95 bits per heavy atom. The average molecular weight is 304 g/mol. The van der Waals surface area contributed by atoms with Crippen molar-refractivity contribution < 1.29 is 0 Å². The van der Waals surface area contributed by atoms with Crippen LogP contribution in [0.1, 0.15) is 18.4 Å². The van der Waals surface area contributed by atoms with Crippen molar-refractivity contribution in [3.05, 3.63) is 40.5 Å². The lowest BCUT2D eigenvalue weighted by molar-refractivity contribution is 0.910. The van der Waals surface area contributed by atoms with Gasteiger partial charge in [-0.1, -0.05) is 18.5 Å². The lowest BCUT2D eigenvalue weighted by atomic mass is 10.1. The van der Waals surface area contributed by atoms with Gasteiger partial charge in [-0.15, -0.1) is 11.3 Å². The summed E-state index contributed by atoms with van der Waals surface area (Å²) >= 11 is 7.77. The number of hydrogen-bond donors (Lipinski definition) is 1. The molecule has 0 aliphatic carbocycles. The Hall–Kier alpha value is -1.65. The van der Waals surface area contributed by atoms with E-state index in [1.165, 1.54) is 0 Å². The van der Waals surface area contributed by atoms with E-state index >= 15 is 0 Å². The maximum Gasteiger partial charge on any atom is 0.114 e. The number of halogens is 1. The second-order valence-corrected chi connectivity index (χ2v) is 6.09. The lowest BCUT2D eigenvalue weighted by Crippen LogP contribution is -1.90. The van der Waals surface area contributed by atoms with Crippen molar-refractivity contribution in [3.8, 4) is 11.3 Å². The fraction of sp³-hybridized carbons (Fsp3) is 0.200. The van der Waals surface area contributed by atoms with Crippen LogP contribution in [0.15, 0.2) is 30.5 Å². The molecule has 0 atom stereocenters. The molecular weight excluding hydrogens is 290 g/mol. The average Bonchev–Trinajstić information content (AvgIpc) is 2.81. The molecule has 3 rings (SSSR count). The second-order valence-electron chi connectivity index (χ2n) is 4.56. The zero-order chi connectivity index (χ0) is 14.1. The highest BCUT2D eigenvalue weighted by Gasteiger charge is 2.14. The Balaban J connectivity index is 2.22. The number of hydrogen-bond acceptors (Lipinski definition) is 4. The van der Waals surface area contributed by atoms with Crippen LogP contribution in [0.3, 0.4) is 0 Å². The van der Waals surface area contributed by atoms with Crippen LogP contribution in [0, 0.1) is 0 Å². The van der Waals surface area contributed by atoms with Crippen LogP contribution in [0.4, 0.5) is 5.00 Å². The van der Waals surface area contributed by atoms with Crippen LogP contribution in [0.25, 0.3) is 22.2 Å². The second kappa shape index (κ2) is 5.38. The summed E-state index contributed by atoms with van der Waals surface area (Å²) in [5, 5.41) is 3.43. The van der Waals surface area contributed by atoms with Gasteiger partial charge in [-0.2, -0.15) is 0 Å². The third-order valence-corrected chi connectivity index (χ3v) is 4.41. The van der Waals surface area contributed by atoms with Crippen LogP contribution < -0.4 is 5.73 Å². The highest BCUT2D eigenvalue weighted by molar-refractivity contribution is 7.16. The van der Waals surface area contributed by atoms with Gasteiger partial charge in [0.15, 0.2) is 0 Å². The van der Waals surface area contributed by atoms with Gasteiger partial charge in [0.05, 0.1) is 15.5 Å². The molecule has 3 nitrogen and oxygen atoms in total. The Kier molecular flexibility index (Phi) is 3.59. The lowest BCUT2D eigenvalue weighted by Gasteiger charge is -2.05. The molecule has 0 radical (unpaired) electrons. The predicted molar refractivity (Wildman–Crippen MR) is 86.3 cm³/mol. The number of benzene rings is 1. The van der Waals surface area contributed by atoms with Crippen molar-refractivity contribution in [1.82, 2.24) is 9.97 Å². The number of nitrogens with zero attached hydrogens (tertiary/aromatic N) is 2. The van der Waals surface area contributed by atoms with E-state index in [9.17, 15) is 0 Å². The molecule has 2 N–H and O–H groups in total. The van der Waals surface area contributed by atoms with E-state index in [0.717, 1.165) is 45.0 Å². The summed E-state index contributed by atoms with van der Waals surface area (Å²) in [6, 6.07) is 7.66. The van der Waals surface area contributed by atoms with E-state index in [0.29, 0.717) is 5.02 Å². The number of aryl methyl sites for hydroxylation is 1. The minimum atomic E-state index is 0.694. The van der Waals surface area contributed by atoms with Gasteiger partial charge in [0, 0.05) is 17.1 Å². The Morgan fingerprint density at radius 1 is 1.30 bits per heavy atom. The summed E-state index contributed by atoms with van der Waals surface area (Å²) < 4.78 is 0. The van der Waals surface area contributed by atoms with Crippen LogP contribution in [-0.2, 0) is 6.42 Å². The normalized spacial score (nSPS) is 11.1. The summed E-state index contributed by atoms with van der Waals surface area (Å²) in [4.78, 5) is 9.10. The van der Waals surface area contributed by atoms with E-state index in [2.05, 4.69) is 16.9 Å². The smallest absolute Gasteiger partial charge is 0.114 e. The SMILES string of the molecule is CCCc1nc(-c2ccc(Cl)c3cccnc23)c(N)s1. The molecule has 0 aliphatic heterocycles. The summed E-state index contributed by atoms with van der Waals surface area (Å²) in [7, 11) is 0. The van der Waals surface area contributed by atoms with Gasteiger partial charge >= 0.3 is 0 Å². The number of nitrogens with two attached hydrogens (primary N) is 1. The number of pyridine rings is 1. The highest BCUT2D eigenvalue weighted by atomic mass is 35.5. The van der Waals surface area contributed by atoms with E-state index in [1.54, 1.807) is 17.5 Å². The van der Waals surface area contributed by atoms with Crippen LogP contribution in [0.2, 0.25) is 5.02 Å². The molecule has 2 heterocycles. The van der Waals surface area contributed by atoms with Gasteiger partial charge in [-0.25, -0.2) is 4.98 Å². The fourth-order valence-corrected chi connectivity index (χ4v) is 3.39. The number of fused-ring (bicyclic) bond motifs is 1. The quantitative estimate of drug-likeness (QED) is 0.772. The number of aromatic nitrogens is 2. The van der Waals surface area contributed by atoms with E-state index in [4.69, 9.17) is 17.3 Å². The fourth-order valence-electron chi connectivity index (χ4n) is 2.22. The van der Waals surface area contributed by atoms with Gasteiger partial charge < -0.3 is 5.73 Å². The van der Waals surface area contributed by atoms with Gasteiger partial charge in [-0.3, -0.25) is 4.98 Å². The minimum absolute atomic E-state index is 0.694. The Labute approximate surface area is 126 Å². The molecule has 2 aromatic heterocycles. The van der Waals surface area contributed by atoms with Gasteiger partial charge in [-0.05, 0) is 37.1 Å². The number of thiazole rings is 1. The minimum Gasteiger partial charge on any atom is -0.389 e. The molecule has 0 saturated carbocycles. The third-order valence-electron chi connectivity index (χ3n) is 3.13.